The summed E-state index contributed by atoms with van der Waals surface area (Å²) in [4.78, 5) is 24.1. The third-order valence-electron chi connectivity index (χ3n) is 3.56. The molecule has 1 aromatic carbocycles. The first-order valence-electron chi connectivity index (χ1n) is 6.77. The molecule has 0 atom stereocenters. The fourth-order valence-electron chi connectivity index (χ4n) is 2.41. The molecule has 0 aliphatic heterocycles. The number of hydrogen-bond acceptors (Lipinski definition) is 4. The zero-order valence-corrected chi connectivity index (χ0v) is 12.9. The van der Waals surface area contributed by atoms with Gasteiger partial charge in [0.05, 0.1) is 13.7 Å². The lowest BCUT2D eigenvalue weighted by Crippen LogP contribution is -2.24. The van der Waals surface area contributed by atoms with Crippen LogP contribution in [0.4, 0.5) is 0 Å². The number of aromatic hydroxyl groups is 1. The van der Waals surface area contributed by atoms with Crippen molar-refractivity contribution in [1.82, 2.24) is 8.97 Å². The maximum absolute atomic E-state index is 12.6. The molecule has 23 heavy (non-hydrogen) atoms. The number of hydrogen-bond donors (Lipinski definition) is 1. The van der Waals surface area contributed by atoms with Gasteiger partial charge in [-0.05, 0) is 18.2 Å². The first kappa shape index (κ1) is 15.2. The molecule has 0 radical (unpaired) electrons. The van der Waals surface area contributed by atoms with Crippen molar-refractivity contribution in [3.63, 3.8) is 0 Å². The minimum Gasteiger partial charge on any atom is -0.503 e. The van der Waals surface area contributed by atoms with Gasteiger partial charge < -0.3 is 18.8 Å². The van der Waals surface area contributed by atoms with Crippen LogP contribution in [0.1, 0.15) is 5.56 Å². The number of aromatic nitrogens is 2. The maximum Gasteiger partial charge on any atom is 0.279 e. The summed E-state index contributed by atoms with van der Waals surface area (Å²) in [6.07, 6.45) is 4.59. The third kappa shape index (κ3) is 2.68. The SMILES string of the molecule is COc1ccc(Cl)cc1Cn1ccn2ccc(=O)c(O)c2c1=O. The van der Waals surface area contributed by atoms with E-state index in [1.54, 1.807) is 30.6 Å². The van der Waals surface area contributed by atoms with Crippen LogP contribution in [-0.2, 0) is 6.54 Å². The van der Waals surface area contributed by atoms with Crippen molar-refractivity contribution in [3.8, 4) is 11.5 Å². The Kier molecular flexibility index (Phi) is 3.83. The number of nitrogens with zero attached hydrogens (tertiary/aromatic N) is 2. The van der Waals surface area contributed by atoms with Crippen molar-refractivity contribution in [3.05, 3.63) is 74.0 Å². The van der Waals surface area contributed by atoms with E-state index >= 15 is 0 Å². The first-order valence-corrected chi connectivity index (χ1v) is 7.15. The van der Waals surface area contributed by atoms with Gasteiger partial charge in [0.25, 0.3) is 5.56 Å². The van der Waals surface area contributed by atoms with Gasteiger partial charge >= 0.3 is 0 Å². The highest BCUT2D eigenvalue weighted by molar-refractivity contribution is 6.30. The summed E-state index contributed by atoms with van der Waals surface area (Å²) in [5, 5.41) is 10.4. The van der Waals surface area contributed by atoms with Crippen molar-refractivity contribution in [2.45, 2.75) is 6.54 Å². The van der Waals surface area contributed by atoms with Crippen molar-refractivity contribution < 1.29 is 9.84 Å². The van der Waals surface area contributed by atoms with Gasteiger partial charge in [-0.15, -0.1) is 0 Å². The zero-order valence-electron chi connectivity index (χ0n) is 12.2. The Hall–Kier alpha value is -2.73. The molecule has 7 heteroatoms. The topological polar surface area (TPSA) is 72.9 Å². The Balaban J connectivity index is 2.17. The monoisotopic (exact) mass is 332 g/mol. The second-order valence-corrected chi connectivity index (χ2v) is 5.41. The van der Waals surface area contributed by atoms with Crippen LogP contribution in [0.2, 0.25) is 5.02 Å². The average Bonchev–Trinajstić information content (AvgIpc) is 2.53. The number of halogens is 1. The van der Waals surface area contributed by atoms with E-state index in [0.29, 0.717) is 16.3 Å². The van der Waals surface area contributed by atoms with E-state index < -0.39 is 16.7 Å². The summed E-state index contributed by atoms with van der Waals surface area (Å²) in [5.74, 6) is 0.0285. The molecule has 0 saturated carbocycles. The van der Waals surface area contributed by atoms with Gasteiger partial charge in [0.15, 0.2) is 11.3 Å². The Morgan fingerprint density at radius 2 is 1.96 bits per heavy atom. The molecule has 3 aromatic rings. The normalized spacial score (nSPS) is 10.9. The maximum atomic E-state index is 12.6. The molecule has 0 unspecified atom stereocenters. The second kappa shape index (κ2) is 5.81. The van der Waals surface area contributed by atoms with Crippen molar-refractivity contribution in [2.75, 3.05) is 7.11 Å². The molecule has 0 aliphatic rings. The van der Waals surface area contributed by atoms with E-state index in [0.717, 1.165) is 0 Å². The van der Waals surface area contributed by atoms with Crippen LogP contribution in [-0.4, -0.2) is 21.2 Å². The van der Waals surface area contributed by atoms with Crippen LogP contribution in [0, 0.1) is 0 Å². The Morgan fingerprint density at radius 3 is 2.70 bits per heavy atom. The molecule has 0 spiro atoms. The predicted molar refractivity (Wildman–Crippen MR) is 86.7 cm³/mol. The van der Waals surface area contributed by atoms with Gasteiger partial charge in [-0.2, -0.15) is 0 Å². The van der Waals surface area contributed by atoms with Crippen LogP contribution in [0.15, 0.2) is 52.4 Å². The van der Waals surface area contributed by atoms with E-state index in [1.165, 1.54) is 28.3 Å². The molecule has 2 heterocycles. The van der Waals surface area contributed by atoms with E-state index in [-0.39, 0.29) is 12.1 Å². The van der Waals surface area contributed by atoms with Gasteiger partial charge in [-0.3, -0.25) is 9.59 Å². The molecular formula is C16H13ClN2O4. The van der Waals surface area contributed by atoms with Crippen LogP contribution >= 0.6 is 11.6 Å². The molecule has 0 saturated heterocycles. The van der Waals surface area contributed by atoms with Gasteiger partial charge in [-0.1, -0.05) is 11.6 Å². The van der Waals surface area contributed by atoms with Crippen LogP contribution in [0.5, 0.6) is 11.5 Å². The Labute approximate surface area is 135 Å². The highest BCUT2D eigenvalue weighted by atomic mass is 35.5. The largest absolute Gasteiger partial charge is 0.503 e. The lowest BCUT2D eigenvalue weighted by molar-refractivity contribution is 0.408. The van der Waals surface area contributed by atoms with Gasteiger partial charge in [-0.25, -0.2) is 0 Å². The standard InChI is InChI=1S/C16H13ClN2O4/c1-23-13-3-2-11(17)8-10(13)9-19-7-6-18-5-4-12(20)15(21)14(18)16(19)22/h2-8,21H,9H2,1H3. The number of pyridine rings is 1. The van der Waals surface area contributed by atoms with Crippen LogP contribution < -0.4 is 15.7 Å². The molecule has 6 nitrogen and oxygen atoms in total. The zero-order chi connectivity index (χ0) is 16.6. The smallest absolute Gasteiger partial charge is 0.279 e. The van der Waals surface area contributed by atoms with E-state index in [9.17, 15) is 14.7 Å². The van der Waals surface area contributed by atoms with E-state index in [2.05, 4.69) is 0 Å². The van der Waals surface area contributed by atoms with Crippen molar-refractivity contribution in [1.29, 1.82) is 0 Å². The fraction of sp³-hybridized carbons (Fsp3) is 0.125. The number of fused-ring (bicyclic) bond motifs is 1. The van der Waals surface area contributed by atoms with Gasteiger partial charge in [0.2, 0.25) is 5.43 Å². The molecular weight excluding hydrogens is 320 g/mol. The molecule has 3 rings (SSSR count). The van der Waals surface area contributed by atoms with E-state index in [4.69, 9.17) is 16.3 Å². The summed E-state index contributed by atoms with van der Waals surface area (Å²) in [7, 11) is 1.53. The number of ether oxygens (including phenoxy) is 1. The average molecular weight is 333 g/mol. The highest BCUT2D eigenvalue weighted by Crippen LogP contribution is 2.23. The van der Waals surface area contributed by atoms with E-state index in [1.807, 2.05) is 0 Å². The lowest BCUT2D eigenvalue weighted by Gasteiger charge is -2.12. The summed E-state index contributed by atoms with van der Waals surface area (Å²) in [6.45, 7) is 0.196. The van der Waals surface area contributed by atoms with Gasteiger partial charge in [0.1, 0.15) is 5.75 Å². The fourth-order valence-corrected chi connectivity index (χ4v) is 2.61. The van der Waals surface area contributed by atoms with Gasteiger partial charge in [0, 0.05) is 35.2 Å². The minimum atomic E-state index is -0.597. The summed E-state index contributed by atoms with van der Waals surface area (Å²) >= 11 is 5.99. The van der Waals surface area contributed by atoms with Crippen LogP contribution in [0.25, 0.3) is 5.52 Å². The molecule has 0 fully saturated rings. The Morgan fingerprint density at radius 1 is 1.17 bits per heavy atom. The number of methoxy groups -OCH3 is 1. The highest BCUT2D eigenvalue weighted by Gasteiger charge is 2.12. The number of rotatable bonds is 3. The number of benzene rings is 1. The molecule has 1 N–H and O–H groups in total. The minimum absolute atomic E-state index is 0.0685. The molecule has 118 valence electrons. The molecule has 0 aliphatic carbocycles. The van der Waals surface area contributed by atoms with Crippen molar-refractivity contribution in [2.24, 2.45) is 0 Å². The summed E-state index contributed by atoms with van der Waals surface area (Å²) < 4.78 is 8.05. The molecule has 2 aromatic heterocycles. The van der Waals surface area contributed by atoms with Crippen LogP contribution in [0.3, 0.4) is 0 Å². The van der Waals surface area contributed by atoms with Crippen molar-refractivity contribution >= 4 is 17.1 Å². The summed E-state index contributed by atoms with van der Waals surface area (Å²) in [6, 6.07) is 6.31. The first-order chi connectivity index (χ1) is 11.0. The Bertz CT molecular complexity index is 1010. The third-order valence-corrected chi connectivity index (χ3v) is 3.79. The predicted octanol–water partition coefficient (Wildman–Crippen LogP) is 1.88. The lowest BCUT2D eigenvalue weighted by atomic mass is 10.2. The second-order valence-electron chi connectivity index (χ2n) is 4.97. The molecule has 0 amide bonds. The quantitative estimate of drug-likeness (QED) is 0.794. The molecule has 0 bridgehead atoms. The summed E-state index contributed by atoms with van der Waals surface area (Å²) in [5.41, 5.74) is -0.435.